The van der Waals surface area contributed by atoms with Crippen molar-refractivity contribution < 1.29 is 36.8 Å². The first-order valence-electron chi connectivity index (χ1n) is 14.8. The lowest BCUT2D eigenvalue weighted by molar-refractivity contribution is 0.0231. The zero-order valence-corrected chi connectivity index (χ0v) is 27.7. The van der Waals surface area contributed by atoms with E-state index in [2.05, 4.69) is 25.5 Å². The van der Waals surface area contributed by atoms with Crippen molar-refractivity contribution in [2.24, 2.45) is 0 Å². The van der Waals surface area contributed by atoms with E-state index in [1.54, 1.807) is 43.2 Å². The number of phosphoric acid groups is 1. The van der Waals surface area contributed by atoms with Crippen molar-refractivity contribution >= 4 is 30.8 Å². The maximum absolute atomic E-state index is 14.8. The van der Waals surface area contributed by atoms with E-state index in [1.165, 1.54) is 29.1 Å². The summed E-state index contributed by atoms with van der Waals surface area (Å²) >= 11 is 1.18. The van der Waals surface area contributed by atoms with E-state index in [0.717, 1.165) is 37.8 Å². The summed E-state index contributed by atoms with van der Waals surface area (Å²) in [4.78, 5) is 31.6. The third-order valence-electron chi connectivity index (χ3n) is 7.07. The average Bonchev–Trinajstić information content (AvgIpc) is 3.73. The van der Waals surface area contributed by atoms with Gasteiger partial charge in [0.05, 0.1) is 29.6 Å². The summed E-state index contributed by atoms with van der Waals surface area (Å²) < 4.78 is 60.3. The van der Waals surface area contributed by atoms with Gasteiger partial charge in [0.1, 0.15) is 22.1 Å². The molecule has 4 aromatic heterocycles. The highest BCUT2D eigenvalue weighted by Crippen LogP contribution is 2.50. The number of halogens is 2. The van der Waals surface area contributed by atoms with Crippen LogP contribution >= 0.6 is 19.2 Å². The van der Waals surface area contributed by atoms with Crippen molar-refractivity contribution in [3.8, 4) is 22.0 Å². The first kappa shape index (κ1) is 33.9. The molecule has 1 aliphatic rings. The number of hydrogen-bond donors (Lipinski definition) is 2. The number of aromatic nitrogens is 6. The molecule has 46 heavy (non-hydrogen) atoms. The Bertz CT molecular complexity index is 1730. The molecule has 0 spiro atoms. The highest BCUT2D eigenvalue weighted by Gasteiger charge is 2.32. The van der Waals surface area contributed by atoms with Gasteiger partial charge in [-0.2, -0.15) is 14.6 Å². The molecule has 17 heteroatoms. The summed E-state index contributed by atoms with van der Waals surface area (Å²) in [5.41, 5.74) is -0.458. The molecule has 1 amide bonds. The van der Waals surface area contributed by atoms with E-state index < -0.39 is 37.3 Å². The van der Waals surface area contributed by atoms with Gasteiger partial charge in [-0.1, -0.05) is 0 Å². The van der Waals surface area contributed by atoms with Gasteiger partial charge in [-0.05, 0) is 72.4 Å². The SMILES string of the molecule is CCOC1CCC(n2cc(NC(=O)c3csc(-c4cnn(C(C)OP(=O)(O)OC(C)(C)C)c4)n3)c(-c3nc(F)ccc3F)n2)CC1. The zero-order valence-electron chi connectivity index (χ0n) is 26.0. The largest absolute Gasteiger partial charge is 0.474 e. The third-order valence-corrected chi connectivity index (χ3v) is 9.31. The molecular weight excluding hydrogens is 643 g/mol. The molecule has 0 aliphatic heterocycles. The summed E-state index contributed by atoms with van der Waals surface area (Å²) in [5.74, 6) is -2.26. The maximum Gasteiger partial charge on any atom is 0.474 e. The molecule has 4 heterocycles. The summed E-state index contributed by atoms with van der Waals surface area (Å²) in [5, 5.41) is 13.5. The van der Waals surface area contributed by atoms with Crippen LogP contribution in [0.4, 0.5) is 14.5 Å². The van der Waals surface area contributed by atoms with Crippen LogP contribution in [0.15, 0.2) is 36.1 Å². The first-order chi connectivity index (χ1) is 21.7. The van der Waals surface area contributed by atoms with Crippen LogP contribution in [-0.4, -0.2) is 58.6 Å². The Kier molecular flexibility index (Phi) is 10.2. The lowest BCUT2D eigenvalue weighted by Crippen LogP contribution is -2.24. The van der Waals surface area contributed by atoms with Crippen LogP contribution in [0.2, 0.25) is 0 Å². The molecule has 0 aromatic carbocycles. The Labute approximate surface area is 268 Å². The van der Waals surface area contributed by atoms with Crippen molar-refractivity contribution in [3.05, 3.63) is 53.6 Å². The summed E-state index contributed by atoms with van der Waals surface area (Å²) in [6.07, 6.45) is 7.05. The lowest BCUT2D eigenvalue weighted by atomic mass is 9.93. The van der Waals surface area contributed by atoms with E-state index in [0.29, 0.717) is 17.2 Å². The molecular formula is C29H36F2N7O6PS. The number of anilines is 1. The number of ether oxygens (including phenoxy) is 1. The minimum Gasteiger partial charge on any atom is -0.379 e. The maximum atomic E-state index is 14.8. The van der Waals surface area contributed by atoms with Crippen LogP contribution in [0.3, 0.4) is 0 Å². The predicted molar refractivity (Wildman–Crippen MR) is 166 cm³/mol. The highest BCUT2D eigenvalue weighted by atomic mass is 32.1. The number of carbonyl (C=O) groups excluding carboxylic acids is 1. The Balaban J connectivity index is 1.33. The van der Waals surface area contributed by atoms with E-state index in [1.807, 2.05) is 6.92 Å². The quantitative estimate of drug-likeness (QED) is 0.128. The van der Waals surface area contributed by atoms with Gasteiger partial charge < -0.3 is 14.9 Å². The molecule has 0 bridgehead atoms. The topological polar surface area (TPSA) is 156 Å². The number of amides is 1. The normalized spacial score (nSPS) is 19.1. The Morgan fingerprint density at radius 3 is 2.61 bits per heavy atom. The summed E-state index contributed by atoms with van der Waals surface area (Å²) in [6.45, 7) is 9.01. The van der Waals surface area contributed by atoms with Crippen LogP contribution in [-0.2, 0) is 18.3 Å². The van der Waals surface area contributed by atoms with Gasteiger partial charge in [-0.15, -0.1) is 11.3 Å². The van der Waals surface area contributed by atoms with Gasteiger partial charge in [0.2, 0.25) is 5.95 Å². The standard InChI is InChI=1S/C29H36F2N7O6PS/c1-6-42-20-9-7-19(8-10-20)38-15-22(26(36-38)25-21(30)11-12-24(31)35-25)33-27(39)23-16-46-28(34-23)18-13-32-37(14-18)17(2)43-45(40,41)44-29(3,4)5/h11-17,19-20H,6-10H2,1-5H3,(H,33,39)(H,40,41). The number of rotatable bonds is 11. The zero-order chi connectivity index (χ0) is 33.2. The number of nitrogens with one attached hydrogen (secondary N) is 1. The Morgan fingerprint density at radius 1 is 1.17 bits per heavy atom. The molecule has 1 fully saturated rings. The molecule has 1 aliphatic carbocycles. The number of phosphoric ester groups is 1. The molecule has 2 unspecified atom stereocenters. The fourth-order valence-electron chi connectivity index (χ4n) is 5.09. The van der Waals surface area contributed by atoms with E-state index in [-0.39, 0.29) is 34.9 Å². The second kappa shape index (κ2) is 13.8. The molecule has 4 aromatic rings. The van der Waals surface area contributed by atoms with Crippen molar-refractivity contribution in [2.45, 2.75) is 84.3 Å². The van der Waals surface area contributed by atoms with Gasteiger partial charge >= 0.3 is 7.82 Å². The van der Waals surface area contributed by atoms with Gasteiger partial charge in [0.25, 0.3) is 5.91 Å². The van der Waals surface area contributed by atoms with Crippen LogP contribution in [0.5, 0.6) is 0 Å². The molecule has 5 rings (SSSR count). The lowest BCUT2D eigenvalue weighted by Gasteiger charge is -2.28. The number of carbonyl (C=O) groups is 1. The fourth-order valence-corrected chi connectivity index (χ4v) is 7.09. The van der Waals surface area contributed by atoms with Gasteiger partial charge in [-0.3, -0.25) is 18.5 Å². The molecule has 13 nitrogen and oxygen atoms in total. The number of nitrogens with zero attached hydrogens (tertiary/aromatic N) is 6. The monoisotopic (exact) mass is 679 g/mol. The van der Waals surface area contributed by atoms with Gasteiger partial charge in [-0.25, -0.2) is 23.6 Å². The minimum atomic E-state index is -4.37. The molecule has 0 saturated heterocycles. The fraction of sp³-hybridized carbons (Fsp3) is 0.483. The Hall–Kier alpha value is -3.40. The molecule has 248 valence electrons. The predicted octanol–water partition coefficient (Wildman–Crippen LogP) is 6.77. The number of thiazole rings is 1. The third kappa shape index (κ3) is 8.30. The smallest absolute Gasteiger partial charge is 0.379 e. The number of pyridine rings is 1. The van der Waals surface area contributed by atoms with E-state index in [9.17, 15) is 23.0 Å². The number of hydrogen-bond acceptors (Lipinski definition) is 10. The minimum absolute atomic E-state index is 0.000360. The average molecular weight is 680 g/mol. The van der Waals surface area contributed by atoms with Crippen molar-refractivity contribution in [1.82, 2.24) is 29.5 Å². The van der Waals surface area contributed by atoms with Crippen molar-refractivity contribution in [1.29, 1.82) is 0 Å². The summed E-state index contributed by atoms with van der Waals surface area (Å²) in [7, 11) is -4.37. The Morgan fingerprint density at radius 2 is 1.91 bits per heavy atom. The van der Waals surface area contributed by atoms with Crippen LogP contribution in [0.1, 0.15) is 83.1 Å². The van der Waals surface area contributed by atoms with Crippen LogP contribution < -0.4 is 5.32 Å². The first-order valence-corrected chi connectivity index (χ1v) is 17.2. The second-order valence-electron chi connectivity index (χ2n) is 11.8. The van der Waals surface area contributed by atoms with Crippen LogP contribution in [0.25, 0.3) is 22.0 Å². The van der Waals surface area contributed by atoms with Crippen molar-refractivity contribution in [2.75, 3.05) is 11.9 Å². The molecule has 2 N–H and O–H groups in total. The molecule has 1 saturated carbocycles. The summed E-state index contributed by atoms with van der Waals surface area (Å²) in [6, 6.07) is 1.86. The highest BCUT2D eigenvalue weighted by molar-refractivity contribution is 7.47. The van der Waals surface area contributed by atoms with E-state index >= 15 is 0 Å². The second-order valence-corrected chi connectivity index (χ2v) is 14.0. The van der Waals surface area contributed by atoms with Crippen LogP contribution in [0, 0.1) is 11.8 Å². The van der Waals surface area contributed by atoms with Crippen molar-refractivity contribution in [3.63, 3.8) is 0 Å². The molecule has 2 atom stereocenters. The van der Waals surface area contributed by atoms with Gasteiger partial charge in [0, 0.05) is 29.9 Å². The molecule has 0 radical (unpaired) electrons. The van der Waals surface area contributed by atoms with E-state index in [4.69, 9.17) is 13.8 Å². The van der Waals surface area contributed by atoms with Gasteiger partial charge in [0.15, 0.2) is 12.0 Å².